The summed E-state index contributed by atoms with van der Waals surface area (Å²) in [6.07, 6.45) is -4.49. The molecule has 146 valence electrons. The normalized spacial score (nSPS) is 26.2. The topological polar surface area (TPSA) is 125 Å². The number of benzene rings is 1. The maximum absolute atomic E-state index is 12.3. The Hall–Kier alpha value is -1.52. The first kappa shape index (κ1) is 20.8. The third kappa shape index (κ3) is 5.24. The van der Waals surface area contributed by atoms with Gasteiger partial charge in [0.1, 0.15) is 18.3 Å². The van der Waals surface area contributed by atoms with E-state index >= 15 is 0 Å². The minimum absolute atomic E-state index is 0.0527. The molecule has 0 radical (unpaired) electrons. The molecule has 2 rings (SSSR count). The van der Waals surface area contributed by atoms with Gasteiger partial charge in [-0.2, -0.15) is 0 Å². The lowest BCUT2D eigenvalue weighted by atomic mass is 10.1. The van der Waals surface area contributed by atoms with Crippen molar-refractivity contribution in [2.24, 2.45) is 0 Å². The van der Waals surface area contributed by atoms with Crippen molar-refractivity contribution >= 4 is 15.9 Å². The van der Waals surface area contributed by atoms with E-state index in [-0.39, 0.29) is 29.8 Å². The van der Waals surface area contributed by atoms with Crippen molar-refractivity contribution in [1.82, 2.24) is 10.0 Å². The predicted molar refractivity (Wildman–Crippen MR) is 94.9 cm³/mol. The third-order valence-corrected chi connectivity index (χ3v) is 5.54. The smallest absolute Gasteiger partial charge is 0.240 e. The number of nitrogens with one attached hydrogen (secondary N) is 2. The van der Waals surface area contributed by atoms with Gasteiger partial charge in [0.15, 0.2) is 0 Å². The molecule has 1 saturated heterocycles. The lowest BCUT2D eigenvalue weighted by Gasteiger charge is -2.16. The number of sulfonamides is 1. The molecule has 1 aliphatic rings. The van der Waals surface area contributed by atoms with Gasteiger partial charge >= 0.3 is 0 Å². The number of aryl methyl sites for hydroxylation is 1. The van der Waals surface area contributed by atoms with Gasteiger partial charge in [-0.1, -0.05) is 17.7 Å². The Morgan fingerprint density at radius 1 is 1.15 bits per heavy atom. The van der Waals surface area contributed by atoms with Gasteiger partial charge in [0.25, 0.3) is 0 Å². The highest BCUT2D eigenvalue weighted by Crippen LogP contribution is 2.24. The quantitative estimate of drug-likeness (QED) is 0.509. The van der Waals surface area contributed by atoms with E-state index in [1.807, 2.05) is 6.92 Å². The summed E-state index contributed by atoms with van der Waals surface area (Å²) in [5.74, 6) is -0.308. The summed E-state index contributed by atoms with van der Waals surface area (Å²) < 4.78 is 32.5. The number of rotatable bonds is 7. The summed E-state index contributed by atoms with van der Waals surface area (Å²) in [6.45, 7) is 5.25. The van der Waals surface area contributed by atoms with E-state index in [9.17, 15) is 23.4 Å². The molecule has 1 aliphatic heterocycles. The summed E-state index contributed by atoms with van der Waals surface area (Å²) in [5.41, 5.74) is 0.934. The van der Waals surface area contributed by atoms with Crippen molar-refractivity contribution in [3.8, 4) is 0 Å². The third-order valence-electron chi connectivity index (χ3n) is 4.10. The van der Waals surface area contributed by atoms with Crippen molar-refractivity contribution in [2.75, 3.05) is 6.54 Å². The standard InChI is InChI=1S/C17H26N2O6S/c1-10(2)19-15(20)8-13-16(21)17(22)14(25-13)9-18-26(23,24)12-6-4-11(3)5-7-12/h4-7,10,13-14,16-18,21-22H,8-9H2,1-3H3,(H,19,20)/t13-,14-,16-,17+/m0/s1. The molecule has 4 atom stereocenters. The number of carbonyl (C=O) groups is 1. The number of carbonyl (C=O) groups excluding carboxylic acids is 1. The Labute approximate surface area is 153 Å². The fourth-order valence-corrected chi connectivity index (χ4v) is 3.76. The average Bonchev–Trinajstić information content (AvgIpc) is 2.80. The van der Waals surface area contributed by atoms with Crippen LogP contribution in [0.3, 0.4) is 0 Å². The summed E-state index contributed by atoms with van der Waals surface area (Å²) in [5, 5.41) is 22.8. The summed E-state index contributed by atoms with van der Waals surface area (Å²) in [7, 11) is -3.76. The van der Waals surface area contributed by atoms with Gasteiger partial charge in [-0.15, -0.1) is 0 Å². The molecule has 1 aromatic rings. The van der Waals surface area contributed by atoms with E-state index in [0.29, 0.717) is 0 Å². The first-order valence-corrected chi connectivity index (χ1v) is 9.96. The summed E-state index contributed by atoms with van der Waals surface area (Å²) in [4.78, 5) is 11.9. The molecule has 1 aromatic carbocycles. The SMILES string of the molecule is Cc1ccc(S(=O)(=O)NC[C@@H]2O[C@@H](CC(=O)NC(C)C)[C@H](O)[C@@H]2O)cc1. The Morgan fingerprint density at radius 2 is 1.73 bits per heavy atom. The van der Waals surface area contributed by atoms with Crippen molar-refractivity contribution in [3.63, 3.8) is 0 Å². The van der Waals surface area contributed by atoms with Crippen LogP contribution in [0, 0.1) is 6.92 Å². The van der Waals surface area contributed by atoms with E-state index in [2.05, 4.69) is 10.0 Å². The number of hydrogen-bond donors (Lipinski definition) is 4. The van der Waals surface area contributed by atoms with Crippen molar-refractivity contribution in [2.45, 2.75) is 62.5 Å². The van der Waals surface area contributed by atoms with E-state index in [1.54, 1.807) is 26.0 Å². The lowest BCUT2D eigenvalue weighted by molar-refractivity contribution is -0.125. The highest BCUT2D eigenvalue weighted by Gasteiger charge is 2.43. The maximum atomic E-state index is 12.3. The zero-order valence-electron chi connectivity index (χ0n) is 15.0. The lowest BCUT2D eigenvalue weighted by Crippen LogP contribution is -2.40. The Bertz CT molecular complexity index is 719. The molecule has 0 aliphatic carbocycles. The predicted octanol–water partition coefficient (Wildman–Crippen LogP) is -0.323. The van der Waals surface area contributed by atoms with E-state index in [1.165, 1.54) is 12.1 Å². The monoisotopic (exact) mass is 386 g/mol. The molecule has 0 aromatic heterocycles. The van der Waals surface area contributed by atoms with Gasteiger partial charge < -0.3 is 20.3 Å². The molecule has 8 nitrogen and oxygen atoms in total. The molecule has 0 unspecified atom stereocenters. The first-order chi connectivity index (χ1) is 12.1. The van der Waals surface area contributed by atoms with Crippen LogP contribution in [0.25, 0.3) is 0 Å². The van der Waals surface area contributed by atoms with Crippen LogP contribution >= 0.6 is 0 Å². The zero-order chi connectivity index (χ0) is 19.5. The number of aliphatic hydroxyl groups is 2. The van der Waals surface area contributed by atoms with Gasteiger partial charge in [-0.3, -0.25) is 4.79 Å². The fourth-order valence-electron chi connectivity index (χ4n) is 2.72. The van der Waals surface area contributed by atoms with Gasteiger partial charge in [0.05, 0.1) is 17.4 Å². The molecule has 0 spiro atoms. The molecule has 26 heavy (non-hydrogen) atoms. The van der Waals surface area contributed by atoms with Crippen LogP contribution in [0.1, 0.15) is 25.8 Å². The molecule has 0 bridgehead atoms. The second-order valence-corrected chi connectivity index (χ2v) is 8.55. The molecule has 0 saturated carbocycles. The highest BCUT2D eigenvalue weighted by atomic mass is 32.2. The van der Waals surface area contributed by atoms with Crippen LogP contribution in [0.5, 0.6) is 0 Å². The molecular weight excluding hydrogens is 360 g/mol. The minimum atomic E-state index is -3.76. The van der Waals surface area contributed by atoms with Crippen LogP contribution in [0.4, 0.5) is 0 Å². The van der Waals surface area contributed by atoms with Gasteiger partial charge in [0.2, 0.25) is 15.9 Å². The average molecular weight is 386 g/mol. The Balaban J connectivity index is 1.95. The van der Waals surface area contributed by atoms with Crippen LogP contribution in [0.15, 0.2) is 29.2 Å². The largest absolute Gasteiger partial charge is 0.388 e. The molecule has 1 amide bonds. The summed E-state index contributed by atoms with van der Waals surface area (Å²) in [6, 6.07) is 6.28. The highest BCUT2D eigenvalue weighted by molar-refractivity contribution is 7.89. The first-order valence-electron chi connectivity index (χ1n) is 8.47. The maximum Gasteiger partial charge on any atom is 0.240 e. The van der Waals surface area contributed by atoms with Crippen molar-refractivity contribution < 1.29 is 28.2 Å². The van der Waals surface area contributed by atoms with Crippen LogP contribution < -0.4 is 10.0 Å². The summed E-state index contributed by atoms with van der Waals surface area (Å²) >= 11 is 0. The Kier molecular flexibility index (Phi) is 6.75. The number of amides is 1. The van der Waals surface area contributed by atoms with E-state index in [0.717, 1.165) is 5.56 Å². The van der Waals surface area contributed by atoms with Crippen LogP contribution in [-0.2, 0) is 19.6 Å². The van der Waals surface area contributed by atoms with Crippen molar-refractivity contribution in [3.05, 3.63) is 29.8 Å². The van der Waals surface area contributed by atoms with Crippen LogP contribution in [0.2, 0.25) is 0 Å². The zero-order valence-corrected chi connectivity index (χ0v) is 15.9. The van der Waals surface area contributed by atoms with E-state index < -0.39 is 34.4 Å². The Morgan fingerprint density at radius 3 is 2.31 bits per heavy atom. The second-order valence-electron chi connectivity index (χ2n) is 6.79. The molecule has 9 heteroatoms. The minimum Gasteiger partial charge on any atom is -0.388 e. The fraction of sp³-hybridized carbons (Fsp3) is 0.588. The van der Waals surface area contributed by atoms with Gasteiger partial charge in [0, 0.05) is 12.6 Å². The molecular formula is C17H26N2O6S. The second kappa shape index (κ2) is 8.45. The number of hydrogen-bond acceptors (Lipinski definition) is 6. The molecule has 1 fully saturated rings. The van der Waals surface area contributed by atoms with Crippen molar-refractivity contribution in [1.29, 1.82) is 0 Å². The van der Waals surface area contributed by atoms with Crippen LogP contribution in [-0.4, -0.2) is 61.5 Å². The van der Waals surface area contributed by atoms with Gasteiger partial charge in [-0.05, 0) is 32.9 Å². The molecule has 4 N–H and O–H groups in total. The molecule has 1 heterocycles. The van der Waals surface area contributed by atoms with Gasteiger partial charge in [-0.25, -0.2) is 13.1 Å². The number of ether oxygens (including phenoxy) is 1. The number of aliphatic hydroxyl groups excluding tert-OH is 2. The van der Waals surface area contributed by atoms with E-state index in [4.69, 9.17) is 4.74 Å².